The molecule has 1 aliphatic rings. The molecule has 1 aromatic heterocycles. The van der Waals surface area contributed by atoms with Crippen LogP contribution in [0.2, 0.25) is 0 Å². The van der Waals surface area contributed by atoms with E-state index in [0.717, 1.165) is 12.0 Å². The lowest BCUT2D eigenvalue weighted by Crippen LogP contribution is -2.26. The van der Waals surface area contributed by atoms with E-state index < -0.39 is 36.6 Å². The van der Waals surface area contributed by atoms with Gasteiger partial charge >= 0.3 is 25.2 Å². The van der Waals surface area contributed by atoms with E-state index in [0.29, 0.717) is 18.6 Å². The maximum Gasteiger partial charge on any atom is 0.380 e. The van der Waals surface area contributed by atoms with Crippen LogP contribution in [0.25, 0.3) is 6.20 Å². The summed E-state index contributed by atoms with van der Waals surface area (Å²) >= 11 is 0. The van der Waals surface area contributed by atoms with Gasteiger partial charge in [-0.3, -0.25) is 18.7 Å². The number of para-hydroxylation sites is 1. The van der Waals surface area contributed by atoms with E-state index in [1.54, 1.807) is 57.3 Å². The Morgan fingerprint density at radius 2 is 1.83 bits per heavy atom. The van der Waals surface area contributed by atoms with Crippen molar-refractivity contribution in [2.75, 3.05) is 25.1 Å². The molecule has 4 atom stereocenters. The van der Waals surface area contributed by atoms with Crippen LogP contribution in [-0.4, -0.2) is 47.0 Å². The van der Waals surface area contributed by atoms with E-state index in [2.05, 4.69) is 4.98 Å². The van der Waals surface area contributed by atoms with Gasteiger partial charge in [-0.25, -0.2) is 9.36 Å². The lowest BCUT2D eigenvalue weighted by molar-refractivity contribution is -0.152. The Kier molecular flexibility index (Phi) is 10.9. The number of aromatic nitrogens is 2. The number of hydrogen-bond donors (Lipinski definition) is 1. The second-order valence-electron chi connectivity index (χ2n) is 10.8. The van der Waals surface area contributed by atoms with Crippen LogP contribution < -0.4 is 15.9 Å². The molecule has 0 bridgehead atoms. The van der Waals surface area contributed by atoms with Gasteiger partial charge in [-0.2, -0.15) is 4.98 Å². The molecule has 0 spiro atoms. The monoisotopic (exact) mass is 589 g/mol. The van der Waals surface area contributed by atoms with Crippen molar-refractivity contribution in [2.45, 2.75) is 60.0 Å². The molecule has 224 valence electrons. The van der Waals surface area contributed by atoms with Crippen molar-refractivity contribution in [3.8, 4) is 5.75 Å². The van der Waals surface area contributed by atoms with Crippen LogP contribution in [0.15, 0.2) is 53.0 Å². The molecule has 0 amide bonds. The van der Waals surface area contributed by atoms with Crippen molar-refractivity contribution >= 4 is 31.6 Å². The summed E-state index contributed by atoms with van der Waals surface area (Å²) in [6.07, 6.45) is 4.56. The van der Waals surface area contributed by atoms with E-state index >= 15 is 0 Å². The number of esters is 2. The predicted molar refractivity (Wildman–Crippen MR) is 155 cm³/mol. The fourth-order valence-electron chi connectivity index (χ4n) is 4.07. The molecule has 41 heavy (non-hydrogen) atoms. The first kappa shape index (κ1) is 32.1. The number of nitrogens with zero attached hydrogens (tertiary/aromatic N) is 2. The molecule has 2 N–H and O–H groups in total. The van der Waals surface area contributed by atoms with Gasteiger partial charge in [-0.15, -0.1) is 0 Å². The molecule has 0 radical (unpaired) electrons. The van der Waals surface area contributed by atoms with Crippen molar-refractivity contribution in [1.29, 1.82) is 0 Å². The zero-order valence-electron chi connectivity index (χ0n) is 24.3. The average Bonchev–Trinajstić information content (AvgIpc) is 3.60. The molecule has 3 rings (SSSR count). The molecule has 1 heterocycles. The Morgan fingerprint density at radius 3 is 2.46 bits per heavy atom. The van der Waals surface area contributed by atoms with Crippen LogP contribution in [0.4, 0.5) is 5.82 Å². The summed E-state index contributed by atoms with van der Waals surface area (Å²) in [4.78, 5) is 41.1. The Balaban J connectivity index is 1.84. The lowest BCUT2D eigenvalue weighted by Gasteiger charge is -2.25. The van der Waals surface area contributed by atoms with Crippen LogP contribution >= 0.6 is 7.60 Å². The topological polar surface area (TPSA) is 149 Å². The highest BCUT2D eigenvalue weighted by Gasteiger charge is 2.52. The SMILES string of the molecule is CCC[C@H](C)OC(=O)[C@H](C)C[P@](=O)(OCC1(COC(=O)C(C)C)C/C1=C/n1ccc(N)nc1=O)Oc1ccccc1. The zero-order valence-corrected chi connectivity index (χ0v) is 25.2. The standard InChI is InChI=1S/C29H40N3O8P/c1-6-10-22(5)39-27(34)21(4)17-41(36,40-24-11-8-7-9-12-24)38-19-29(18-37-26(33)20(2)3)15-23(29)16-32-14-13-25(30)31-28(32)35/h7-9,11-14,16,20-22H,6,10,15,17-19H2,1-5H3,(H2,30,31,35)/b23-16-/t21-,22+,29?,41+/m1/s1. The summed E-state index contributed by atoms with van der Waals surface area (Å²) in [6, 6.07) is 10.0. The number of nitrogen functional groups attached to an aromatic ring is 1. The number of carbonyl (C=O) groups is 2. The summed E-state index contributed by atoms with van der Waals surface area (Å²) in [5.74, 6) is -1.60. The van der Waals surface area contributed by atoms with Crippen molar-refractivity contribution in [2.24, 2.45) is 17.3 Å². The third-order valence-corrected chi connectivity index (χ3v) is 8.64. The van der Waals surface area contributed by atoms with Gasteiger partial charge in [-0.05, 0) is 43.5 Å². The minimum absolute atomic E-state index is 0.0511. The quantitative estimate of drug-likeness (QED) is 0.224. The van der Waals surface area contributed by atoms with E-state index in [-0.39, 0.29) is 37.2 Å². The number of hydrogen-bond acceptors (Lipinski definition) is 10. The van der Waals surface area contributed by atoms with Gasteiger partial charge < -0.3 is 19.7 Å². The summed E-state index contributed by atoms with van der Waals surface area (Å²) in [7, 11) is -3.92. The van der Waals surface area contributed by atoms with Gasteiger partial charge in [0.05, 0.1) is 36.1 Å². The summed E-state index contributed by atoms with van der Waals surface area (Å²) in [5, 5.41) is 0. The molecular formula is C29H40N3O8P. The first-order valence-corrected chi connectivity index (χ1v) is 15.5. The Bertz CT molecular complexity index is 1340. The van der Waals surface area contributed by atoms with E-state index in [4.69, 9.17) is 24.3 Å². The maximum absolute atomic E-state index is 14.1. The number of rotatable bonds is 15. The van der Waals surface area contributed by atoms with Gasteiger partial charge in [0.25, 0.3) is 0 Å². The summed E-state index contributed by atoms with van der Waals surface area (Å²) in [5.41, 5.74) is 4.91. The molecule has 0 saturated heterocycles. The first-order chi connectivity index (χ1) is 19.4. The van der Waals surface area contributed by atoms with Gasteiger partial charge in [-0.1, -0.05) is 52.3 Å². The van der Waals surface area contributed by atoms with Crippen LogP contribution in [0.1, 0.15) is 53.9 Å². The highest BCUT2D eigenvalue weighted by Crippen LogP contribution is 2.58. The Labute approximate surface area is 240 Å². The molecular weight excluding hydrogens is 549 g/mol. The van der Waals surface area contributed by atoms with Gasteiger partial charge in [0, 0.05) is 12.4 Å². The van der Waals surface area contributed by atoms with Crippen molar-refractivity contribution in [1.82, 2.24) is 9.55 Å². The van der Waals surface area contributed by atoms with Gasteiger partial charge in [0.1, 0.15) is 18.2 Å². The minimum Gasteiger partial charge on any atom is -0.464 e. The maximum atomic E-state index is 14.1. The van der Waals surface area contributed by atoms with E-state index in [9.17, 15) is 18.9 Å². The molecule has 1 fully saturated rings. The average molecular weight is 590 g/mol. The van der Waals surface area contributed by atoms with Crippen LogP contribution in [-0.2, 0) is 28.2 Å². The fraction of sp³-hybridized carbons (Fsp3) is 0.517. The van der Waals surface area contributed by atoms with E-state index in [1.807, 2.05) is 13.8 Å². The van der Waals surface area contributed by atoms with Crippen molar-refractivity contribution < 1.29 is 32.7 Å². The van der Waals surface area contributed by atoms with Gasteiger partial charge in [0.2, 0.25) is 0 Å². The van der Waals surface area contributed by atoms with E-state index in [1.165, 1.54) is 16.8 Å². The molecule has 1 aromatic carbocycles. The molecule has 11 nitrogen and oxygen atoms in total. The number of benzene rings is 1. The van der Waals surface area contributed by atoms with Crippen LogP contribution in [0.3, 0.4) is 0 Å². The highest BCUT2D eigenvalue weighted by molar-refractivity contribution is 7.54. The zero-order chi connectivity index (χ0) is 30.2. The first-order valence-electron chi connectivity index (χ1n) is 13.8. The highest BCUT2D eigenvalue weighted by atomic mass is 31.2. The third kappa shape index (κ3) is 9.30. The largest absolute Gasteiger partial charge is 0.464 e. The number of anilines is 1. The molecule has 12 heteroatoms. The molecule has 2 aromatic rings. The Morgan fingerprint density at radius 1 is 1.12 bits per heavy atom. The summed E-state index contributed by atoms with van der Waals surface area (Å²) in [6.45, 7) is 8.68. The normalized spacial score (nSPS) is 20.2. The molecule has 1 aliphatic carbocycles. The predicted octanol–water partition coefficient (Wildman–Crippen LogP) is 4.91. The lowest BCUT2D eigenvalue weighted by atomic mass is 10.1. The second kappa shape index (κ2) is 14.0. The van der Waals surface area contributed by atoms with Crippen LogP contribution in [0.5, 0.6) is 5.75 Å². The molecule has 1 unspecified atom stereocenters. The number of ether oxygens (including phenoxy) is 2. The summed E-state index contributed by atoms with van der Waals surface area (Å²) < 4.78 is 38.3. The van der Waals surface area contributed by atoms with Crippen molar-refractivity contribution in [3.63, 3.8) is 0 Å². The van der Waals surface area contributed by atoms with Gasteiger partial charge in [0.15, 0.2) is 0 Å². The Hall–Kier alpha value is -3.43. The van der Waals surface area contributed by atoms with Crippen molar-refractivity contribution in [3.05, 3.63) is 58.7 Å². The van der Waals surface area contributed by atoms with Crippen LogP contribution in [0, 0.1) is 17.3 Å². The second-order valence-corrected chi connectivity index (χ2v) is 12.9. The smallest absolute Gasteiger partial charge is 0.380 e. The number of carbonyl (C=O) groups excluding carboxylic acids is 2. The third-order valence-electron chi connectivity index (χ3n) is 6.63. The fourth-order valence-corrected chi connectivity index (χ4v) is 6.01. The molecule has 1 saturated carbocycles. The number of nitrogens with two attached hydrogens (primary N) is 1. The minimum atomic E-state index is -3.92. The molecule has 0 aliphatic heterocycles.